The number of nitrogens with one attached hydrogen (secondary N) is 1. The van der Waals surface area contributed by atoms with Gasteiger partial charge in [0.2, 0.25) is 0 Å². The molecule has 2 N–H and O–H groups in total. The summed E-state index contributed by atoms with van der Waals surface area (Å²) in [5.74, 6) is -0.809. The zero-order chi connectivity index (χ0) is 19.5. The number of aliphatic carboxylic acids is 1. The second kappa shape index (κ2) is 7.89. The zero-order valence-corrected chi connectivity index (χ0v) is 15.5. The monoisotopic (exact) mass is 377 g/mol. The van der Waals surface area contributed by atoms with Crippen LogP contribution in [0.5, 0.6) is 0 Å². The molecule has 0 spiro atoms. The average molecular weight is 377 g/mol. The molecule has 2 aliphatic rings. The van der Waals surface area contributed by atoms with Gasteiger partial charge in [0.25, 0.3) is 0 Å². The molecule has 28 heavy (non-hydrogen) atoms. The van der Waals surface area contributed by atoms with Crippen molar-refractivity contribution in [2.75, 3.05) is 6.61 Å². The fourth-order valence-electron chi connectivity index (χ4n) is 4.20. The molecule has 0 heterocycles. The summed E-state index contributed by atoms with van der Waals surface area (Å²) >= 11 is 0. The molecule has 2 aromatic carbocycles. The van der Waals surface area contributed by atoms with Crippen LogP contribution in [-0.2, 0) is 9.53 Å². The smallest absolute Gasteiger partial charge is 0.407 e. The lowest BCUT2D eigenvalue weighted by atomic mass is 9.97. The number of carbonyl (C=O) groups is 2. The Labute approximate surface area is 164 Å². The second-order valence-electron chi connectivity index (χ2n) is 7.41. The number of ether oxygens (including phenoxy) is 1. The van der Waals surface area contributed by atoms with Crippen molar-refractivity contribution in [3.63, 3.8) is 0 Å². The first-order valence-corrected chi connectivity index (χ1v) is 9.63. The molecule has 0 aromatic heterocycles. The van der Waals surface area contributed by atoms with E-state index < -0.39 is 18.1 Å². The summed E-state index contributed by atoms with van der Waals surface area (Å²) in [5.41, 5.74) is 4.57. The molecule has 5 heteroatoms. The molecule has 0 saturated heterocycles. The number of carboxylic acids is 1. The lowest BCUT2D eigenvalue weighted by molar-refractivity contribution is -0.139. The lowest BCUT2D eigenvalue weighted by Gasteiger charge is -2.19. The molecule has 1 amide bonds. The Balaban J connectivity index is 1.41. The number of rotatable bonds is 6. The van der Waals surface area contributed by atoms with Crippen molar-refractivity contribution in [1.82, 2.24) is 5.32 Å². The summed E-state index contributed by atoms with van der Waals surface area (Å²) in [4.78, 5) is 23.8. The van der Waals surface area contributed by atoms with Crippen LogP contribution < -0.4 is 5.32 Å². The van der Waals surface area contributed by atoms with Crippen LogP contribution in [0.1, 0.15) is 36.3 Å². The number of carbonyl (C=O) groups excluding carboxylic acids is 1. The summed E-state index contributed by atoms with van der Waals surface area (Å²) in [6, 6.07) is 15.3. The van der Waals surface area contributed by atoms with Crippen molar-refractivity contribution in [2.24, 2.45) is 5.92 Å². The minimum atomic E-state index is -1.03. The van der Waals surface area contributed by atoms with Gasteiger partial charge in [0.15, 0.2) is 0 Å². The summed E-state index contributed by atoms with van der Waals surface area (Å²) in [7, 11) is 0. The van der Waals surface area contributed by atoms with E-state index in [0.717, 1.165) is 35.1 Å². The van der Waals surface area contributed by atoms with Gasteiger partial charge >= 0.3 is 12.1 Å². The van der Waals surface area contributed by atoms with Gasteiger partial charge in [-0.3, -0.25) is 0 Å². The molecule has 2 aliphatic carbocycles. The molecule has 4 rings (SSSR count). The normalized spacial score (nSPS) is 16.4. The Kier molecular flexibility index (Phi) is 5.15. The summed E-state index contributed by atoms with van der Waals surface area (Å²) in [6.07, 6.45) is 5.55. The van der Waals surface area contributed by atoms with Gasteiger partial charge < -0.3 is 15.2 Å². The first kappa shape index (κ1) is 18.3. The number of hydrogen-bond donors (Lipinski definition) is 2. The Morgan fingerprint density at radius 1 is 1.00 bits per heavy atom. The van der Waals surface area contributed by atoms with E-state index in [1.165, 1.54) is 0 Å². The Morgan fingerprint density at radius 3 is 2.14 bits per heavy atom. The summed E-state index contributed by atoms with van der Waals surface area (Å²) in [5, 5.41) is 12.0. The number of fused-ring (bicyclic) bond motifs is 3. The van der Waals surface area contributed by atoms with Crippen molar-refractivity contribution >= 4 is 12.1 Å². The van der Waals surface area contributed by atoms with Gasteiger partial charge in [0.05, 0.1) is 0 Å². The number of benzene rings is 2. The number of amides is 1. The summed E-state index contributed by atoms with van der Waals surface area (Å²) in [6.45, 7) is 0.178. The highest BCUT2D eigenvalue weighted by Crippen LogP contribution is 2.44. The molecule has 1 atom stereocenters. The highest BCUT2D eigenvalue weighted by molar-refractivity contribution is 5.81. The predicted molar refractivity (Wildman–Crippen MR) is 106 cm³/mol. The molecule has 0 aliphatic heterocycles. The number of hydrogen-bond acceptors (Lipinski definition) is 3. The average Bonchev–Trinajstić information content (AvgIpc) is 3.32. The van der Waals surface area contributed by atoms with Crippen molar-refractivity contribution in [2.45, 2.75) is 31.2 Å². The molecular formula is C23H23NO4. The van der Waals surface area contributed by atoms with Crippen LogP contribution in [0.4, 0.5) is 4.79 Å². The third-order valence-corrected chi connectivity index (χ3v) is 5.61. The van der Waals surface area contributed by atoms with Crippen LogP contribution in [0.2, 0.25) is 0 Å². The van der Waals surface area contributed by atoms with Crippen molar-refractivity contribution < 1.29 is 19.4 Å². The van der Waals surface area contributed by atoms with Gasteiger partial charge in [-0.25, -0.2) is 9.59 Å². The second-order valence-corrected chi connectivity index (χ2v) is 7.41. The van der Waals surface area contributed by atoms with Gasteiger partial charge in [-0.05, 0) is 47.4 Å². The van der Waals surface area contributed by atoms with E-state index >= 15 is 0 Å². The standard InChI is InChI=1S/C23H23NO4/c25-22(26)21(13-15-7-1-2-8-15)24-23(27)28-14-20-18-11-5-3-9-16(18)17-10-4-6-12-19(17)20/h1-6,9-12,15,20-21H,7-8,13-14H2,(H,24,27)(H,25,26). The fraction of sp³-hybridized carbons (Fsp3) is 0.304. The maximum atomic E-state index is 12.3. The van der Waals surface area contributed by atoms with Gasteiger partial charge in [0.1, 0.15) is 12.6 Å². The van der Waals surface area contributed by atoms with Crippen molar-refractivity contribution in [1.29, 1.82) is 0 Å². The Bertz CT molecular complexity index is 867. The van der Waals surface area contributed by atoms with E-state index in [-0.39, 0.29) is 18.4 Å². The van der Waals surface area contributed by atoms with E-state index in [1.54, 1.807) is 0 Å². The molecule has 0 radical (unpaired) electrons. The van der Waals surface area contributed by atoms with E-state index in [4.69, 9.17) is 4.74 Å². The first-order valence-electron chi connectivity index (χ1n) is 9.63. The van der Waals surface area contributed by atoms with Crippen LogP contribution in [0.15, 0.2) is 60.7 Å². The Hall–Kier alpha value is -3.08. The maximum absolute atomic E-state index is 12.3. The molecule has 2 aromatic rings. The topological polar surface area (TPSA) is 75.6 Å². The van der Waals surface area contributed by atoms with Crippen molar-refractivity contribution in [3.8, 4) is 11.1 Å². The Morgan fingerprint density at radius 2 is 1.57 bits per heavy atom. The van der Waals surface area contributed by atoms with Crippen LogP contribution in [0.25, 0.3) is 11.1 Å². The van der Waals surface area contributed by atoms with E-state index in [9.17, 15) is 14.7 Å². The van der Waals surface area contributed by atoms with E-state index in [2.05, 4.69) is 41.7 Å². The molecule has 144 valence electrons. The molecule has 0 fully saturated rings. The number of allylic oxidation sites excluding steroid dienone is 2. The fourth-order valence-corrected chi connectivity index (χ4v) is 4.20. The largest absolute Gasteiger partial charge is 0.480 e. The minimum Gasteiger partial charge on any atom is -0.480 e. The van der Waals surface area contributed by atoms with Crippen LogP contribution in [0.3, 0.4) is 0 Å². The maximum Gasteiger partial charge on any atom is 0.407 e. The number of carboxylic acid groups (broad SMARTS) is 1. The highest BCUT2D eigenvalue weighted by Gasteiger charge is 2.30. The van der Waals surface area contributed by atoms with Gasteiger partial charge in [-0.2, -0.15) is 0 Å². The van der Waals surface area contributed by atoms with Gasteiger partial charge in [-0.15, -0.1) is 0 Å². The molecule has 5 nitrogen and oxygen atoms in total. The zero-order valence-electron chi connectivity index (χ0n) is 15.5. The minimum absolute atomic E-state index is 0.0412. The predicted octanol–water partition coefficient (Wildman–Crippen LogP) is 4.33. The third kappa shape index (κ3) is 3.65. The molecule has 0 saturated carbocycles. The molecule has 0 bridgehead atoms. The molecule has 1 unspecified atom stereocenters. The van der Waals surface area contributed by atoms with Crippen LogP contribution in [0, 0.1) is 5.92 Å². The van der Waals surface area contributed by atoms with E-state index in [1.807, 2.05) is 24.3 Å². The lowest BCUT2D eigenvalue weighted by Crippen LogP contribution is -2.42. The van der Waals surface area contributed by atoms with Gasteiger partial charge in [0, 0.05) is 5.92 Å². The van der Waals surface area contributed by atoms with Crippen LogP contribution in [-0.4, -0.2) is 29.8 Å². The summed E-state index contributed by atoms with van der Waals surface area (Å²) < 4.78 is 5.46. The van der Waals surface area contributed by atoms with Crippen molar-refractivity contribution in [3.05, 3.63) is 71.8 Å². The number of alkyl carbamates (subject to hydrolysis) is 1. The van der Waals surface area contributed by atoms with Crippen LogP contribution >= 0.6 is 0 Å². The quantitative estimate of drug-likeness (QED) is 0.735. The third-order valence-electron chi connectivity index (χ3n) is 5.61. The first-order chi connectivity index (χ1) is 13.6. The van der Waals surface area contributed by atoms with E-state index in [0.29, 0.717) is 6.42 Å². The molecular weight excluding hydrogens is 354 g/mol. The van der Waals surface area contributed by atoms with Gasteiger partial charge in [-0.1, -0.05) is 60.7 Å². The highest BCUT2D eigenvalue weighted by atomic mass is 16.5. The SMILES string of the molecule is O=C(NC(CC1CC=CC1)C(=O)O)OCC1c2ccccc2-c2ccccc21.